The first-order valence-corrected chi connectivity index (χ1v) is 8.10. The van der Waals surface area contributed by atoms with Crippen LogP contribution in [0.15, 0.2) is 53.0 Å². The van der Waals surface area contributed by atoms with Crippen LogP contribution in [0.1, 0.15) is 17.5 Å². The van der Waals surface area contributed by atoms with E-state index in [4.69, 9.17) is 10.5 Å². The van der Waals surface area contributed by atoms with E-state index in [1.165, 1.54) is 11.1 Å². The number of rotatable bonds is 7. The third-order valence-corrected chi connectivity index (χ3v) is 4.08. The third kappa shape index (κ3) is 5.52. The van der Waals surface area contributed by atoms with Gasteiger partial charge in [0.15, 0.2) is 0 Å². The number of halogens is 1. The molecule has 1 unspecified atom stereocenters. The Morgan fingerprint density at radius 1 is 1.14 bits per heavy atom. The van der Waals surface area contributed by atoms with E-state index in [2.05, 4.69) is 47.1 Å². The molecular weight excluding hydrogens is 326 g/mol. The molecule has 2 aromatic rings. The van der Waals surface area contributed by atoms with Gasteiger partial charge in [0.2, 0.25) is 0 Å². The maximum absolute atomic E-state index is 5.90. The summed E-state index contributed by atoms with van der Waals surface area (Å²) in [4.78, 5) is 0. The van der Waals surface area contributed by atoms with Crippen molar-refractivity contribution < 1.29 is 4.74 Å². The Bertz CT molecular complexity index is 553. The van der Waals surface area contributed by atoms with Crippen molar-refractivity contribution in [2.45, 2.75) is 19.8 Å². The van der Waals surface area contributed by atoms with E-state index in [0.717, 1.165) is 23.1 Å². The Balaban J connectivity index is 1.81. The number of ether oxygens (including phenoxy) is 1. The summed E-state index contributed by atoms with van der Waals surface area (Å²) < 4.78 is 6.84. The number of hydrogen-bond donors (Lipinski definition) is 1. The summed E-state index contributed by atoms with van der Waals surface area (Å²) in [6, 6.07) is 16.6. The fourth-order valence-electron chi connectivity index (χ4n) is 2.35. The molecule has 3 heteroatoms. The van der Waals surface area contributed by atoms with E-state index >= 15 is 0 Å². The van der Waals surface area contributed by atoms with E-state index in [9.17, 15) is 0 Å². The molecule has 1 atom stereocenters. The zero-order chi connectivity index (χ0) is 15.1. The lowest BCUT2D eigenvalue weighted by molar-refractivity contribution is 0.279. The predicted molar refractivity (Wildman–Crippen MR) is 91.7 cm³/mol. The van der Waals surface area contributed by atoms with Gasteiger partial charge in [-0.25, -0.2) is 0 Å². The van der Waals surface area contributed by atoms with Gasteiger partial charge in [0.1, 0.15) is 5.75 Å². The molecule has 0 aliphatic rings. The van der Waals surface area contributed by atoms with Crippen molar-refractivity contribution in [2.24, 2.45) is 11.7 Å². The Morgan fingerprint density at radius 2 is 1.90 bits per heavy atom. The zero-order valence-electron chi connectivity index (χ0n) is 12.4. The van der Waals surface area contributed by atoms with Gasteiger partial charge in [0, 0.05) is 4.47 Å². The molecule has 0 spiro atoms. The van der Waals surface area contributed by atoms with Crippen LogP contribution in [0.3, 0.4) is 0 Å². The molecule has 21 heavy (non-hydrogen) atoms. The lowest BCUT2D eigenvalue weighted by Crippen LogP contribution is -2.19. The molecule has 2 N–H and O–H groups in total. The molecule has 2 nitrogen and oxygen atoms in total. The maximum Gasteiger partial charge on any atom is 0.119 e. The van der Waals surface area contributed by atoms with Gasteiger partial charge in [-0.2, -0.15) is 0 Å². The maximum atomic E-state index is 5.90. The van der Waals surface area contributed by atoms with E-state index in [1.807, 2.05) is 24.3 Å². The molecule has 0 aliphatic heterocycles. The summed E-state index contributed by atoms with van der Waals surface area (Å²) >= 11 is 3.42. The highest BCUT2D eigenvalue weighted by Gasteiger charge is 2.08. The van der Waals surface area contributed by atoms with E-state index in [0.29, 0.717) is 19.1 Å². The van der Waals surface area contributed by atoms with Crippen LogP contribution in [0.25, 0.3) is 0 Å². The monoisotopic (exact) mass is 347 g/mol. The van der Waals surface area contributed by atoms with Crippen molar-refractivity contribution in [3.8, 4) is 5.75 Å². The van der Waals surface area contributed by atoms with E-state index in [-0.39, 0.29) is 0 Å². The normalized spacial score (nSPS) is 12.1. The van der Waals surface area contributed by atoms with Crippen LogP contribution in [0.4, 0.5) is 0 Å². The van der Waals surface area contributed by atoms with Crippen LogP contribution < -0.4 is 10.5 Å². The Labute approximate surface area is 135 Å². The number of nitrogens with two attached hydrogens (primary N) is 1. The third-order valence-electron chi connectivity index (χ3n) is 3.55. The van der Waals surface area contributed by atoms with Gasteiger partial charge in [0.25, 0.3) is 0 Å². The van der Waals surface area contributed by atoms with Gasteiger partial charge in [0.05, 0.1) is 6.61 Å². The summed E-state index contributed by atoms with van der Waals surface area (Å²) in [5, 5.41) is 0. The zero-order valence-corrected chi connectivity index (χ0v) is 14.0. The highest BCUT2D eigenvalue weighted by Crippen LogP contribution is 2.18. The van der Waals surface area contributed by atoms with Crippen LogP contribution >= 0.6 is 15.9 Å². The minimum atomic E-state index is 0.460. The van der Waals surface area contributed by atoms with Gasteiger partial charge in [-0.1, -0.05) is 45.8 Å². The first-order chi connectivity index (χ1) is 10.2. The van der Waals surface area contributed by atoms with Gasteiger partial charge in [-0.15, -0.1) is 0 Å². The van der Waals surface area contributed by atoms with Gasteiger partial charge in [-0.05, 0) is 62.1 Å². The van der Waals surface area contributed by atoms with Crippen LogP contribution in [-0.4, -0.2) is 13.2 Å². The van der Waals surface area contributed by atoms with Crippen molar-refractivity contribution in [3.05, 3.63) is 64.1 Å². The average molecular weight is 348 g/mol. The molecule has 0 saturated heterocycles. The first kappa shape index (κ1) is 16.1. The topological polar surface area (TPSA) is 35.2 Å². The minimum Gasteiger partial charge on any atom is -0.494 e. The van der Waals surface area contributed by atoms with Crippen molar-refractivity contribution in [3.63, 3.8) is 0 Å². The summed E-state index contributed by atoms with van der Waals surface area (Å²) in [7, 11) is 0. The molecule has 112 valence electrons. The highest BCUT2D eigenvalue weighted by atomic mass is 79.9. The second-order valence-electron chi connectivity index (χ2n) is 5.39. The molecule has 0 radical (unpaired) electrons. The molecule has 0 aliphatic carbocycles. The predicted octanol–water partition coefficient (Wildman–Crippen LogP) is 4.34. The van der Waals surface area contributed by atoms with Crippen molar-refractivity contribution in [2.75, 3.05) is 13.2 Å². The first-order valence-electron chi connectivity index (χ1n) is 7.31. The fraction of sp³-hybridized carbons (Fsp3) is 0.333. The molecule has 0 heterocycles. The van der Waals surface area contributed by atoms with Crippen LogP contribution in [-0.2, 0) is 6.42 Å². The summed E-state index contributed by atoms with van der Waals surface area (Å²) in [6.45, 7) is 3.52. The Kier molecular flexibility index (Phi) is 6.27. The lowest BCUT2D eigenvalue weighted by Gasteiger charge is -2.15. The summed E-state index contributed by atoms with van der Waals surface area (Å²) in [6.07, 6.45) is 1.99. The molecule has 2 rings (SSSR count). The lowest BCUT2D eigenvalue weighted by atomic mass is 9.96. The van der Waals surface area contributed by atoms with Crippen LogP contribution in [0.2, 0.25) is 0 Å². The molecule has 0 bridgehead atoms. The highest BCUT2D eigenvalue weighted by molar-refractivity contribution is 9.10. The summed E-state index contributed by atoms with van der Waals surface area (Å²) in [5.41, 5.74) is 8.55. The van der Waals surface area contributed by atoms with Gasteiger partial charge in [-0.3, -0.25) is 0 Å². The second-order valence-corrected chi connectivity index (χ2v) is 6.30. The van der Waals surface area contributed by atoms with Crippen molar-refractivity contribution in [1.82, 2.24) is 0 Å². The largest absolute Gasteiger partial charge is 0.494 e. The standard InChI is InChI=1S/C18H22BrNO/c1-14-3-2-4-15(11-14)12-16(13-20)9-10-21-18-7-5-17(19)6-8-18/h2-8,11,16H,9-10,12-13,20H2,1H3. The second kappa shape index (κ2) is 8.20. The quantitative estimate of drug-likeness (QED) is 0.808. The average Bonchev–Trinajstić information content (AvgIpc) is 2.48. The Morgan fingerprint density at radius 3 is 2.57 bits per heavy atom. The van der Waals surface area contributed by atoms with E-state index in [1.54, 1.807) is 0 Å². The molecule has 2 aromatic carbocycles. The van der Waals surface area contributed by atoms with Crippen LogP contribution in [0.5, 0.6) is 5.75 Å². The van der Waals surface area contributed by atoms with Crippen molar-refractivity contribution >= 4 is 15.9 Å². The minimum absolute atomic E-state index is 0.460. The smallest absolute Gasteiger partial charge is 0.119 e. The van der Waals surface area contributed by atoms with Gasteiger partial charge < -0.3 is 10.5 Å². The van der Waals surface area contributed by atoms with E-state index < -0.39 is 0 Å². The SMILES string of the molecule is Cc1cccc(CC(CN)CCOc2ccc(Br)cc2)c1. The number of aryl methyl sites for hydroxylation is 1. The number of hydrogen-bond acceptors (Lipinski definition) is 2. The van der Waals surface area contributed by atoms with Crippen LogP contribution in [0, 0.1) is 12.8 Å². The summed E-state index contributed by atoms with van der Waals surface area (Å²) in [5.74, 6) is 1.37. The molecule has 0 saturated carbocycles. The molecule has 0 fully saturated rings. The molecular formula is C18H22BrNO. The molecule has 0 aromatic heterocycles. The Hall–Kier alpha value is -1.32. The molecule has 0 amide bonds. The fourth-order valence-corrected chi connectivity index (χ4v) is 2.61. The number of benzene rings is 2. The van der Waals surface area contributed by atoms with Crippen molar-refractivity contribution in [1.29, 1.82) is 0 Å². The van der Waals surface area contributed by atoms with Gasteiger partial charge >= 0.3 is 0 Å².